The Bertz CT molecular complexity index is 629. The predicted molar refractivity (Wildman–Crippen MR) is 81.6 cm³/mol. The number of nitrogens with zero attached hydrogens (tertiary/aromatic N) is 5. The standard InChI is InChI=1S/C14H20N6O/c1-9(2)12-6-11(18-20(12)5)13(21)17-10-7-15-14(16-8-10)19(3)4/h6-9H,1-5H3,(H,17,21). The Balaban J connectivity index is 2.12. The van der Waals surface area contributed by atoms with Crippen molar-refractivity contribution in [2.45, 2.75) is 19.8 Å². The van der Waals surface area contributed by atoms with Crippen LogP contribution >= 0.6 is 0 Å². The third-order valence-electron chi connectivity index (χ3n) is 3.04. The summed E-state index contributed by atoms with van der Waals surface area (Å²) in [6.45, 7) is 4.12. The van der Waals surface area contributed by atoms with Gasteiger partial charge in [-0.3, -0.25) is 9.48 Å². The Hall–Kier alpha value is -2.44. The van der Waals surface area contributed by atoms with Crippen LogP contribution in [0.25, 0.3) is 0 Å². The molecule has 0 bridgehead atoms. The molecule has 1 amide bonds. The van der Waals surface area contributed by atoms with E-state index in [1.54, 1.807) is 28.0 Å². The van der Waals surface area contributed by atoms with Gasteiger partial charge in [0.15, 0.2) is 5.69 Å². The number of amides is 1. The van der Waals surface area contributed by atoms with Crippen molar-refractivity contribution in [1.82, 2.24) is 19.7 Å². The van der Waals surface area contributed by atoms with Gasteiger partial charge < -0.3 is 10.2 Å². The molecular weight excluding hydrogens is 268 g/mol. The molecule has 0 fully saturated rings. The first-order valence-electron chi connectivity index (χ1n) is 6.73. The van der Waals surface area contributed by atoms with Gasteiger partial charge in [-0.05, 0) is 12.0 Å². The molecule has 0 radical (unpaired) electrons. The van der Waals surface area contributed by atoms with Gasteiger partial charge in [-0.1, -0.05) is 13.8 Å². The van der Waals surface area contributed by atoms with Crippen molar-refractivity contribution >= 4 is 17.5 Å². The topological polar surface area (TPSA) is 75.9 Å². The lowest BCUT2D eigenvalue weighted by molar-refractivity contribution is 0.102. The van der Waals surface area contributed by atoms with Crippen molar-refractivity contribution in [3.8, 4) is 0 Å². The number of carbonyl (C=O) groups excluding carboxylic acids is 1. The van der Waals surface area contributed by atoms with E-state index in [4.69, 9.17) is 0 Å². The zero-order valence-corrected chi connectivity index (χ0v) is 13.0. The maximum atomic E-state index is 12.2. The summed E-state index contributed by atoms with van der Waals surface area (Å²) in [5, 5.41) is 6.97. The van der Waals surface area contributed by atoms with Crippen LogP contribution in [0.15, 0.2) is 18.5 Å². The minimum atomic E-state index is -0.265. The number of hydrogen-bond donors (Lipinski definition) is 1. The van der Waals surface area contributed by atoms with Gasteiger partial charge in [0.05, 0.1) is 18.1 Å². The van der Waals surface area contributed by atoms with Crippen LogP contribution in [0.3, 0.4) is 0 Å². The highest BCUT2D eigenvalue weighted by molar-refractivity contribution is 6.02. The minimum absolute atomic E-state index is 0.265. The van der Waals surface area contributed by atoms with Crippen molar-refractivity contribution in [1.29, 1.82) is 0 Å². The van der Waals surface area contributed by atoms with Gasteiger partial charge in [0.2, 0.25) is 5.95 Å². The SMILES string of the molecule is CC(C)c1cc(C(=O)Nc2cnc(N(C)C)nc2)nn1C. The summed E-state index contributed by atoms with van der Waals surface area (Å²) in [7, 11) is 5.55. The lowest BCUT2D eigenvalue weighted by Crippen LogP contribution is -2.15. The summed E-state index contributed by atoms with van der Waals surface area (Å²) in [4.78, 5) is 22.3. The van der Waals surface area contributed by atoms with E-state index < -0.39 is 0 Å². The van der Waals surface area contributed by atoms with Crippen LogP contribution in [-0.4, -0.2) is 39.8 Å². The molecule has 2 heterocycles. The fourth-order valence-corrected chi connectivity index (χ4v) is 1.94. The molecule has 0 atom stereocenters. The van der Waals surface area contributed by atoms with E-state index in [2.05, 4.69) is 34.2 Å². The van der Waals surface area contributed by atoms with E-state index >= 15 is 0 Å². The van der Waals surface area contributed by atoms with Gasteiger partial charge in [0.25, 0.3) is 5.91 Å². The maximum absolute atomic E-state index is 12.2. The summed E-state index contributed by atoms with van der Waals surface area (Å²) >= 11 is 0. The Labute approximate surface area is 124 Å². The van der Waals surface area contributed by atoms with Crippen LogP contribution in [0.1, 0.15) is 35.9 Å². The van der Waals surface area contributed by atoms with Crippen molar-refractivity contribution in [3.63, 3.8) is 0 Å². The molecule has 2 rings (SSSR count). The van der Waals surface area contributed by atoms with Crippen LogP contribution in [0, 0.1) is 0 Å². The zero-order chi connectivity index (χ0) is 15.6. The van der Waals surface area contributed by atoms with Crippen molar-refractivity contribution < 1.29 is 4.79 Å². The van der Waals surface area contributed by atoms with E-state index in [0.717, 1.165) is 5.69 Å². The maximum Gasteiger partial charge on any atom is 0.276 e. The first-order valence-corrected chi connectivity index (χ1v) is 6.73. The molecule has 0 aliphatic heterocycles. The van der Waals surface area contributed by atoms with Crippen molar-refractivity contribution in [2.75, 3.05) is 24.3 Å². The first-order chi connectivity index (χ1) is 9.88. The lowest BCUT2D eigenvalue weighted by atomic mass is 10.1. The fraction of sp³-hybridized carbons (Fsp3) is 0.429. The number of aryl methyl sites for hydroxylation is 1. The number of rotatable bonds is 4. The zero-order valence-electron chi connectivity index (χ0n) is 13.0. The minimum Gasteiger partial charge on any atom is -0.347 e. The van der Waals surface area contributed by atoms with Crippen LogP contribution in [-0.2, 0) is 7.05 Å². The smallest absolute Gasteiger partial charge is 0.276 e. The molecule has 0 unspecified atom stereocenters. The number of carbonyl (C=O) groups is 1. The monoisotopic (exact) mass is 288 g/mol. The molecule has 0 aliphatic rings. The predicted octanol–water partition coefficient (Wildman–Crippen LogP) is 1.65. The average Bonchev–Trinajstić information content (AvgIpc) is 2.81. The Morgan fingerprint density at radius 3 is 2.38 bits per heavy atom. The molecule has 21 heavy (non-hydrogen) atoms. The largest absolute Gasteiger partial charge is 0.347 e. The summed E-state index contributed by atoms with van der Waals surface area (Å²) in [5.74, 6) is 0.637. The molecule has 0 aliphatic carbocycles. The van der Waals surface area contributed by atoms with Crippen LogP contribution in [0.5, 0.6) is 0 Å². The molecule has 112 valence electrons. The molecule has 0 spiro atoms. The molecule has 0 saturated heterocycles. The molecule has 0 saturated carbocycles. The molecule has 7 heteroatoms. The second kappa shape index (κ2) is 5.90. The molecule has 7 nitrogen and oxygen atoms in total. The normalized spacial score (nSPS) is 10.8. The Morgan fingerprint density at radius 1 is 1.29 bits per heavy atom. The summed E-state index contributed by atoms with van der Waals surface area (Å²) in [6.07, 6.45) is 3.15. The van der Waals surface area contributed by atoms with Gasteiger partial charge in [-0.25, -0.2) is 9.97 Å². The molecule has 1 N–H and O–H groups in total. The Morgan fingerprint density at radius 2 is 1.90 bits per heavy atom. The molecule has 2 aromatic rings. The van der Waals surface area contributed by atoms with Gasteiger partial charge in [-0.2, -0.15) is 5.10 Å². The summed E-state index contributed by atoms with van der Waals surface area (Å²) in [5.41, 5.74) is 1.94. The van der Waals surface area contributed by atoms with Gasteiger partial charge in [0, 0.05) is 26.8 Å². The fourth-order valence-electron chi connectivity index (χ4n) is 1.94. The first kappa shape index (κ1) is 15.0. The highest BCUT2D eigenvalue weighted by Crippen LogP contribution is 2.16. The number of nitrogens with one attached hydrogen (secondary N) is 1. The molecule has 0 aromatic carbocycles. The van der Waals surface area contributed by atoms with Gasteiger partial charge >= 0.3 is 0 Å². The number of hydrogen-bond acceptors (Lipinski definition) is 5. The van der Waals surface area contributed by atoms with Crippen molar-refractivity contribution in [3.05, 3.63) is 29.8 Å². The van der Waals surface area contributed by atoms with Crippen molar-refractivity contribution in [2.24, 2.45) is 7.05 Å². The third-order valence-corrected chi connectivity index (χ3v) is 3.04. The van der Waals surface area contributed by atoms with E-state index in [9.17, 15) is 4.79 Å². The van der Waals surface area contributed by atoms with Gasteiger partial charge in [0.1, 0.15) is 0 Å². The molecular formula is C14H20N6O. The third kappa shape index (κ3) is 3.36. The van der Waals surface area contributed by atoms with Crippen LogP contribution in [0.4, 0.5) is 11.6 Å². The summed E-state index contributed by atoms with van der Waals surface area (Å²) < 4.78 is 1.73. The summed E-state index contributed by atoms with van der Waals surface area (Å²) in [6, 6.07) is 1.80. The quantitative estimate of drug-likeness (QED) is 0.925. The van der Waals surface area contributed by atoms with Crippen LogP contribution in [0.2, 0.25) is 0 Å². The highest BCUT2D eigenvalue weighted by atomic mass is 16.2. The molecule has 2 aromatic heterocycles. The average molecular weight is 288 g/mol. The lowest BCUT2D eigenvalue weighted by Gasteiger charge is -2.09. The Kier molecular flexibility index (Phi) is 4.21. The highest BCUT2D eigenvalue weighted by Gasteiger charge is 2.15. The van der Waals surface area contributed by atoms with E-state index in [1.807, 2.05) is 21.1 Å². The number of anilines is 2. The van der Waals surface area contributed by atoms with Crippen LogP contribution < -0.4 is 10.2 Å². The number of aromatic nitrogens is 4. The van der Waals surface area contributed by atoms with E-state index in [1.165, 1.54) is 0 Å². The second-order valence-electron chi connectivity index (χ2n) is 5.35. The van der Waals surface area contributed by atoms with Gasteiger partial charge in [-0.15, -0.1) is 0 Å². The second-order valence-corrected chi connectivity index (χ2v) is 5.35. The van der Waals surface area contributed by atoms with E-state index in [-0.39, 0.29) is 5.91 Å². The van der Waals surface area contributed by atoms with E-state index in [0.29, 0.717) is 23.2 Å².